The molecule has 4 aromatic heterocycles. The second kappa shape index (κ2) is 53.4. The number of rotatable bonds is 45. The molecule has 0 aliphatic carbocycles. The van der Waals surface area contributed by atoms with Crippen LogP contribution in [0, 0.1) is 0 Å². The van der Waals surface area contributed by atoms with Crippen molar-refractivity contribution < 1.29 is 101 Å². The first-order valence-corrected chi connectivity index (χ1v) is 42.7. The summed E-state index contributed by atoms with van der Waals surface area (Å²) in [5, 5.41) is 52.1. The Morgan fingerprint density at radius 2 is 0.636 bits per heavy atom. The van der Waals surface area contributed by atoms with Crippen molar-refractivity contribution in [1.29, 1.82) is 0 Å². The largest absolute Gasteiger partial charge is 0.481 e. The number of carbonyl (C=O) groups is 15. The van der Waals surface area contributed by atoms with Crippen LogP contribution in [0.25, 0.3) is 0 Å². The minimum absolute atomic E-state index is 0.0210. The van der Waals surface area contributed by atoms with Gasteiger partial charge in [-0.3, -0.25) is 76.6 Å². The smallest absolute Gasteiger partial charge is 0.305 e. The Labute approximate surface area is 755 Å². The summed E-state index contributed by atoms with van der Waals surface area (Å²) >= 11 is 0. The summed E-state index contributed by atoms with van der Waals surface area (Å²) in [6, 6.07) is 61.9. The number of amides is 7. The molecule has 5 atom stereocenters. The van der Waals surface area contributed by atoms with Crippen molar-refractivity contribution in [1.82, 2.24) is 39.5 Å². The molecule has 0 saturated carbocycles. The van der Waals surface area contributed by atoms with Crippen molar-refractivity contribution in [3.05, 3.63) is 329 Å². The predicted molar refractivity (Wildman–Crippen MR) is 485 cm³/mol. The first-order chi connectivity index (χ1) is 63.2. The van der Waals surface area contributed by atoms with E-state index in [4.69, 9.17) is 20.4 Å². The highest BCUT2D eigenvalue weighted by Crippen LogP contribution is 2.18. The average Bonchev–Trinajstić information content (AvgIpc) is 0.803. The number of carboxylic acids is 4. The van der Waals surface area contributed by atoms with Gasteiger partial charge in [-0.2, -0.15) is 0 Å². The summed E-state index contributed by atoms with van der Waals surface area (Å²) in [7, 11) is -3.88. The van der Waals surface area contributed by atoms with Crippen LogP contribution in [0.4, 0.5) is 22.7 Å². The van der Waals surface area contributed by atoms with Gasteiger partial charge in [0.15, 0.2) is 0 Å². The van der Waals surface area contributed by atoms with Gasteiger partial charge in [0.2, 0.25) is 51.4 Å². The summed E-state index contributed by atoms with van der Waals surface area (Å²) in [6.07, 6.45) is 4.67. The van der Waals surface area contributed by atoms with Crippen molar-refractivity contribution in [2.24, 2.45) is 0 Å². The number of aromatic nitrogens is 4. The highest BCUT2D eigenvalue weighted by atomic mass is 32.2. The van der Waals surface area contributed by atoms with Crippen molar-refractivity contribution in [3.8, 4) is 0 Å². The van der Waals surface area contributed by atoms with Gasteiger partial charge in [-0.25, -0.2) is 8.42 Å². The van der Waals surface area contributed by atoms with Crippen LogP contribution < -0.4 is 64.2 Å². The third-order valence-electron chi connectivity index (χ3n) is 19.3. The molecule has 38 heteroatoms. The first kappa shape index (κ1) is 103. The third kappa shape index (κ3) is 36.2. The summed E-state index contributed by atoms with van der Waals surface area (Å²) in [5.74, 6) is -9.11. The Bertz CT molecular complexity index is 6040. The fourth-order valence-corrected chi connectivity index (χ4v) is 13.8. The number of hydrogen-bond donors (Lipinski definition) is 12. The molecule has 4 heterocycles. The number of aldehydes is 4. The Kier molecular flexibility index (Phi) is 41.6. The molecule has 0 aliphatic heterocycles. The van der Waals surface area contributed by atoms with Crippen LogP contribution in [-0.4, -0.2) is 167 Å². The average molecular weight is 1830 g/mol. The summed E-state index contributed by atoms with van der Waals surface area (Å²) in [5.41, 5.74) is 3.86. The molecule has 6 aromatic carbocycles. The summed E-state index contributed by atoms with van der Waals surface area (Å²) in [4.78, 5) is 225. The number of hydrogen-bond acceptors (Lipinski definition) is 21. The van der Waals surface area contributed by atoms with E-state index in [0.717, 1.165) is 47.1 Å². The third-order valence-corrected chi connectivity index (χ3v) is 20.6. The lowest BCUT2D eigenvalue weighted by Gasteiger charge is -2.18. The number of carbonyl (C=O) groups excluding carboxylic acids is 11. The zero-order valence-electron chi connectivity index (χ0n) is 71.4. The molecule has 12 N–H and O–H groups in total. The fraction of sp³-hybridized carbons (Fsp3) is 0.245. The van der Waals surface area contributed by atoms with Crippen molar-refractivity contribution in [2.45, 2.75) is 140 Å². The number of aliphatic carboxylic acids is 4. The maximum Gasteiger partial charge on any atom is 0.305 e. The van der Waals surface area contributed by atoms with E-state index in [0.29, 0.717) is 62.2 Å². The van der Waals surface area contributed by atoms with Crippen molar-refractivity contribution in [2.75, 3.05) is 26.4 Å². The number of anilines is 4. The number of benzene rings is 6. The van der Waals surface area contributed by atoms with E-state index < -0.39 is 155 Å². The molecular weight excluding hydrogens is 1730 g/mol. The second-order valence-corrected chi connectivity index (χ2v) is 31.4. The molecule has 37 nitrogen and oxygen atoms in total. The van der Waals surface area contributed by atoms with E-state index in [9.17, 15) is 99.5 Å². The van der Waals surface area contributed by atoms with E-state index in [-0.39, 0.29) is 78.3 Å². The quantitative estimate of drug-likeness (QED) is 0.0211. The molecule has 690 valence electrons. The molecule has 7 amide bonds. The standard InChI is InChI=1S/C27H27N3O6.C26H27N3O7S.C21H23N3O6.C20H21N3O6/c31-18-21(16-26(34)35)28-25(33)17-30-22(15-20-9-5-2-6-10-20)12-13-23(27(30)36)29-24(32)14-11-19-7-3-1-4-8-19;30-18-21(16-25(32)33)27-24(31)17-29-22(15-20-9-5-2-6-10-20)11-12-23(26(29)34)28-37(35,36)14-13-19-7-3-1-4-8-19;1-14(20(29)22-16(13-25)12-19(27)28)24-11-5-8-17(21(24)30)23-18(26)10-9-15-6-3-2-4-7-15;24-13-15(11-19(27)28)21-18(26)12-23-10-4-7-16(20(23)29)22-17(25)9-8-14-5-2-1-3-6-14/h1-10,12-13,18,21H,11,14-17H2,(H,28,33)(H,29,32)(H,34,35);1-12,18,21,28H,13-17H2,(H,27,31)(H,32,33);2-8,11,13-14,16H,9-10,12H2,1H3,(H,22,29)(H,23,26)(H,27,28);1-7,10,13,15H,8-9,11-12H2,(H,21,26)(H,22,25)(H,27,28)/t2*21-;14-,16-;15-/m0000/s1. The normalized spacial score (nSPS) is 11.7. The fourth-order valence-electron chi connectivity index (χ4n) is 12.7. The van der Waals surface area contributed by atoms with E-state index in [1.165, 1.54) is 60.3 Å². The molecule has 10 rings (SSSR count). The molecule has 0 radical (unpaired) electrons. The van der Waals surface area contributed by atoms with Gasteiger partial charge in [0.05, 0.1) is 55.6 Å². The van der Waals surface area contributed by atoms with Crippen molar-refractivity contribution in [3.63, 3.8) is 0 Å². The maximum absolute atomic E-state index is 13.3. The number of aryl methyl sites for hydroxylation is 4. The SMILES string of the molecule is C[C@@H](C(=O)N[C@H](C=O)CC(=O)O)n1cccc(NC(=O)CCc2ccccc2)c1=O.O=C[C@H](CC(=O)O)NC(=O)Cn1c(Cc2ccccc2)ccc(NC(=O)CCc2ccccc2)c1=O.O=C[C@H](CC(=O)O)NC(=O)Cn1c(Cc2ccccc2)ccc(NS(=O)(=O)CCc2ccccc2)c1=O.O=C[C@H](CC(=O)O)NC(=O)Cn1cccc(NC(=O)CCc2ccccc2)c1=O. The zero-order valence-corrected chi connectivity index (χ0v) is 72.2. The molecule has 0 fully saturated rings. The number of sulfonamides is 1. The van der Waals surface area contributed by atoms with Gasteiger partial charge < -0.3 is 95.1 Å². The topological polar surface area (TPSA) is 555 Å². The second-order valence-electron chi connectivity index (χ2n) is 29.6. The minimum atomic E-state index is -3.88. The number of nitrogens with zero attached hydrogens (tertiary/aromatic N) is 4. The van der Waals surface area contributed by atoms with Gasteiger partial charge in [0.1, 0.15) is 73.6 Å². The van der Waals surface area contributed by atoms with Crippen LogP contribution in [0.1, 0.15) is 103 Å². The zero-order chi connectivity index (χ0) is 96.1. The van der Waals surface area contributed by atoms with Gasteiger partial charge in [0, 0.05) is 55.9 Å². The molecule has 0 unspecified atom stereocenters. The molecule has 0 saturated heterocycles. The van der Waals surface area contributed by atoms with Crippen LogP contribution >= 0.6 is 0 Å². The molecule has 10 aromatic rings. The monoisotopic (exact) mass is 1830 g/mol. The summed E-state index contributed by atoms with van der Waals surface area (Å²) < 4.78 is 32.2. The Morgan fingerprint density at radius 1 is 0.333 bits per heavy atom. The molecule has 132 heavy (non-hydrogen) atoms. The molecular formula is C94H98N12O25S. The van der Waals surface area contributed by atoms with Gasteiger partial charge in [-0.05, 0) is 115 Å². The van der Waals surface area contributed by atoms with E-state index in [1.807, 2.05) is 158 Å². The molecule has 0 spiro atoms. The van der Waals surface area contributed by atoms with Crippen LogP contribution in [0.5, 0.6) is 0 Å². The number of nitrogens with one attached hydrogen (secondary N) is 8. The van der Waals surface area contributed by atoms with Gasteiger partial charge in [0.25, 0.3) is 22.2 Å². The van der Waals surface area contributed by atoms with Gasteiger partial charge in [-0.15, -0.1) is 0 Å². The van der Waals surface area contributed by atoms with Crippen LogP contribution in [0.3, 0.4) is 0 Å². The Balaban J connectivity index is 0.000000242. The van der Waals surface area contributed by atoms with Gasteiger partial charge >= 0.3 is 23.9 Å². The van der Waals surface area contributed by atoms with E-state index >= 15 is 0 Å². The molecule has 0 aliphatic rings. The Hall–Kier alpha value is -16.3. The van der Waals surface area contributed by atoms with Gasteiger partial charge in [-0.1, -0.05) is 182 Å². The number of carboxylic acid groups (broad SMARTS) is 4. The van der Waals surface area contributed by atoms with Crippen LogP contribution in [0.15, 0.2) is 262 Å². The van der Waals surface area contributed by atoms with E-state index in [2.05, 4.69) is 41.9 Å². The Morgan fingerprint density at radius 3 is 0.992 bits per heavy atom. The predicted octanol–water partition coefficient (Wildman–Crippen LogP) is 5.47. The summed E-state index contributed by atoms with van der Waals surface area (Å²) in [6.45, 7) is 0.0279. The first-order valence-electron chi connectivity index (χ1n) is 41.1. The lowest BCUT2D eigenvalue weighted by atomic mass is 10.1. The maximum atomic E-state index is 13.3. The van der Waals surface area contributed by atoms with Crippen LogP contribution in [-0.2, 0) is 140 Å². The van der Waals surface area contributed by atoms with Crippen molar-refractivity contribution >= 4 is 123 Å². The highest BCUT2D eigenvalue weighted by Gasteiger charge is 2.26. The number of pyridine rings is 4. The lowest BCUT2D eigenvalue weighted by molar-refractivity contribution is -0.139. The highest BCUT2D eigenvalue weighted by molar-refractivity contribution is 7.92. The minimum Gasteiger partial charge on any atom is -0.481 e. The van der Waals surface area contributed by atoms with Crippen LogP contribution in [0.2, 0.25) is 0 Å². The van der Waals surface area contributed by atoms with E-state index in [1.54, 1.807) is 36.4 Å². The molecule has 0 bridgehead atoms. The lowest BCUT2D eigenvalue weighted by Crippen LogP contribution is -2.43.